The second-order valence-electron chi connectivity index (χ2n) is 7.05. The minimum absolute atomic E-state index is 0.0252. The maximum atomic E-state index is 12.6. The van der Waals surface area contributed by atoms with Crippen LogP contribution in [-0.4, -0.2) is 68.7 Å². The zero-order chi connectivity index (χ0) is 19.9. The molecule has 0 bridgehead atoms. The average molecular weight is 386 g/mol. The van der Waals surface area contributed by atoms with Crippen molar-refractivity contribution in [3.8, 4) is 0 Å². The normalized spacial score (nSPS) is 16.5. The summed E-state index contributed by atoms with van der Waals surface area (Å²) in [6, 6.07) is 7.38. The molecule has 28 heavy (non-hydrogen) atoms. The molecule has 2 atom stereocenters. The van der Waals surface area contributed by atoms with E-state index in [9.17, 15) is 14.7 Å². The largest absolute Gasteiger partial charge is 0.481 e. The van der Waals surface area contributed by atoms with Gasteiger partial charge in [-0.3, -0.25) is 9.59 Å². The maximum Gasteiger partial charge on any atom is 0.307 e. The first-order valence-corrected chi connectivity index (χ1v) is 9.65. The van der Waals surface area contributed by atoms with Crippen molar-refractivity contribution in [1.82, 2.24) is 30.8 Å². The molecule has 1 fully saturated rings. The lowest BCUT2D eigenvalue weighted by atomic mass is 9.83. The van der Waals surface area contributed by atoms with Crippen molar-refractivity contribution in [2.24, 2.45) is 5.92 Å². The van der Waals surface area contributed by atoms with Crippen LogP contribution in [-0.2, 0) is 11.2 Å². The van der Waals surface area contributed by atoms with Gasteiger partial charge in [-0.1, -0.05) is 30.7 Å². The Morgan fingerprint density at radius 3 is 2.50 bits per heavy atom. The molecule has 3 N–H and O–H groups in total. The predicted molar refractivity (Wildman–Crippen MR) is 102 cm³/mol. The van der Waals surface area contributed by atoms with Gasteiger partial charge in [-0.2, -0.15) is 5.21 Å². The monoisotopic (exact) mass is 386 g/mol. The third kappa shape index (κ3) is 4.72. The summed E-state index contributed by atoms with van der Waals surface area (Å²) in [7, 11) is 0. The van der Waals surface area contributed by atoms with Gasteiger partial charge in [0, 0.05) is 37.7 Å². The molecule has 9 nitrogen and oxygen atoms in total. The summed E-state index contributed by atoms with van der Waals surface area (Å²) in [4.78, 5) is 26.2. The van der Waals surface area contributed by atoms with Crippen LogP contribution < -0.4 is 5.32 Å². The summed E-state index contributed by atoms with van der Waals surface area (Å²) >= 11 is 0. The summed E-state index contributed by atoms with van der Waals surface area (Å²) in [5.74, 6) is -1.41. The molecule has 0 saturated carbocycles. The highest BCUT2D eigenvalue weighted by molar-refractivity contribution is 5.94. The van der Waals surface area contributed by atoms with Gasteiger partial charge in [0.15, 0.2) is 5.82 Å². The summed E-state index contributed by atoms with van der Waals surface area (Å²) in [6.45, 7) is 4.99. The molecule has 1 saturated heterocycles. The Kier molecular flexibility index (Phi) is 6.70. The molecular weight excluding hydrogens is 360 g/mol. The van der Waals surface area contributed by atoms with Gasteiger partial charge in [-0.15, -0.1) is 10.2 Å². The number of hydrogen-bond donors (Lipinski definition) is 3. The van der Waals surface area contributed by atoms with E-state index in [0.29, 0.717) is 37.3 Å². The Bertz CT molecular complexity index is 771. The van der Waals surface area contributed by atoms with Crippen molar-refractivity contribution in [3.05, 3.63) is 41.2 Å². The van der Waals surface area contributed by atoms with Gasteiger partial charge in [-0.25, -0.2) is 0 Å². The summed E-state index contributed by atoms with van der Waals surface area (Å²) in [6.07, 6.45) is 1.76. The van der Waals surface area contributed by atoms with Crippen LogP contribution in [0.2, 0.25) is 0 Å². The first-order chi connectivity index (χ1) is 13.6. The number of aromatic amines is 1. The molecule has 0 spiro atoms. The Hall–Kier alpha value is -2.81. The SMILES string of the molecule is CCC[C@H](C(=O)O)[C@H](Cc1ccc(C(=O)N2CCNCC2)cc1)c1nn[nH]n1. The lowest BCUT2D eigenvalue weighted by Crippen LogP contribution is -2.46. The van der Waals surface area contributed by atoms with E-state index >= 15 is 0 Å². The molecule has 0 unspecified atom stereocenters. The van der Waals surface area contributed by atoms with Crippen LogP contribution >= 0.6 is 0 Å². The number of carbonyl (C=O) groups excluding carboxylic acids is 1. The van der Waals surface area contributed by atoms with Gasteiger partial charge >= 0.3 is 5.97 Å². The van der Waals surface area contributed by atoms with Crippen molar-refractivity contribution >= 4 is 11.9 Å². The molecule has 150 valence electrons. The highest BCUT2D eigenvalue weighted by Crippen LogP contribution is 2.30. The van der Waals surface area contributed by atoms with E-state index < -0.39 is 11.9 Å². The van der Waals surface area contributed by atoms with Crippen LogP contribution in [0.4, 0.5) is 0 Å². The number of nitrogens with one attached hydrogen (secondary N) is 2. The second kappa shape index (κ2) is 9.41. The number of carboxylic acids is 1. The van der Waals surface area contributed by atoms with Gasteiger partial charge in [0.05, 0.1) is 5.92 Å². The van der Waals surface area contributed by atoms with E-state index in [1.807, 2.05) is 36.1 Å². The summed E-state index contributed by atoms with van der Waals surface area (Å²) in [5.41, 5.74) is 1.58. The number of nitrogens with zero attached hydrogens (tertiary/aromatic N) is 4. The molecule has 0 aliphatic carbocycles. The topological polar surface area (TPSA) is 124 Å². The van der Waals surface area contributed by atoms with E-state index in [-0.39, 0.29) is 11.8 Å². The van der Waals surface area contributed by atoms with E-state index in [4.69, 9.17) is 0 Å². The number of H-pyrrole nitrogens is 1. The fourth-order valence-corrected chi connectivity index (χ4v) is 3.64. The van der Waals surface area contributed by atoms with E-state index in [1.54, 1.807) is 0 Å². The Balaban J connectivity index is 1.75. The Morgan fingerprint density at radius 2 is 1.93 bits per heavy atom. The smallest absolute Gasteiger partial charge is 0.307 e. The minimum Gasteiger partial charge on any atom is -0.481 e. The van der Waals surface area contributed by atoms with E-state index in [2.05, 4.69) is 25.9 Å². The number of amides is 1. The molecule has 1 aliphatic rings. The van der Waals surface area contributed by atoms with E-state index in [1.165, 1.54) is 0 Å². The van der Waals surface area contributed by atoms with Crippen molar-refractivity contribution in [2.45, 2.75) is 32.1 Å². The molecular formula is C19H26N6O3. The number of benzene rings is 1. The third-order valence-electron chi connectivity index (χ3n) is 5.16. The van der Waals surface area contributed by atoms with Gasteiger partial charge in [0.2, 0.25) is 0 Å². The van der Waals surface area contributed by atoms with Gasteiger partial charge in [-0.05, 0) is 30.5 Å². The van der Waals surface area contributed by atoms with Crippen molar-refractivity contribution in [1.29, 1.82) is 0 Å². The molecule has 1 aliphatic heterocycles. The highest BCUT2D eigenvalue weighted by Gasteiger charge is 2.32. The molecule has 1 aromatic carbocycles. The van der Waals surface area contributed by atoms with Crippen LogP contribution in [0.15, 0.2) is 24.3 Å². The number of piperazine rings is 1. The average Bonchev–Trinajstić information content (AvgIpc) is 3.25. The van der Waals surface area contributed by atoms with Gasteiger partial charge in [0.1, 0.15) is 0 Å². The fourth-order valence-electron chi connectivity index (χ4n) is 3.64. The number of carboxylic acid groups (broad SMARTS) is 1. The number of tetrazole rings is 1. The summed E-state index contributed by atoms with van der Waals surface area (Å²) < 4.78 is 0. The molecule has 0 radical (unpaired) electrons. The van der Waals surface area contributed by atoms with Crippen LogP contribution in [0.1, 0.15) is 47.4 Å². The number of rotatable bonds is 8. The first-order valence-electron chi connectivity index (χ1n) is 9.65. The van der Waals surface area contributed by atoms with Gasteiger partial charge in [0.25, 0.3) is 5.91 Å². The van der Waals surface area contributed by atoms with Crippen LogP contribution in [0.5, 0.6) is 0 Å². The van der Waals surface area contributed by atoms with Crippen molar-refractivity contribution in [3.63, 3.8) is 0 Å². The molecule has 3 rings (SSSR count). The van der Waals surface area contributed by atoms with Gasteiger partial charge < -0.3 is 15.3 Å². The molecule has 1 amide bonds. The zero-order valence-electron chi connectivity index (χ0n) is 16.0. The van der Waals surface area contributed by atoms with Crippen LogP contribution in [0.25, 0.3) is 0 Å². The highest BCUT2D eigenvalue weighted by atomic mass is 16.4. The quantitative estimate of drug-likeness (QED) is 0.620. The zero-order valence-corrected chi connectivity index (χ0v) is 16.0. The Labute approximate surface area is 163 Å². The minimum atomic E-state index is -0.859. The van der Waals surface area contributed by atoms with Crippen LogP contribution in [0.3, 0.4) is 0 Å². The van der Waals surface area contributed by atoms with E-state index in [0.717, 1.165) is 25.1 Å². The maximum absolute atomic E-state index is 12.6. The van der Waals surface area contributed by atoms with Crippen molar-refractivity contribution < 1.29 is 14.7 Å². The molecule has 1 aromatic heterocycles. The number of aromatic nitrogens is 4. The van der Waals surface area contributed by atoms with Crippen molar-refractivity contribution in [2.75, 3.05) is 26.2 Å². The number of carbonyl (C=O) groups is 2. The molecule has 9 heteroatoms. The van der Waals surface area contributed by atoms with Crippen LogP contribution in [0, 0.1) is 5.92 Å². The number of aliphatic carboxylic acids is 1. The standard InChI is InChI=1S/C19H26N6O3/c1-2-3-15(19(27)28)16(17-21-23-24-22-17)12-13-4-6-14(7-5-13)18(26)25-10-8-20-9-11-25/h4-7,15-16,20H,2-3,8-12H2,1H3,(H,27,28)(H,21,22,23,24)/t15-,16-/m0/s1. The lowest BCUT2D eigenvalue weighted by molar-refractivity contribution is -0.143. The molecule has 2 aromatic rings. The first kappa shape index (κ1) is 19.9. The summed E-state index contributed by atoms with van der Waals surface area (Å²) in [5, 5.41) is 27.0. The third-order valence-corrected chi connectivity index (χ3v) is 5.16. The molecule has 2 heterocycles. The Morgan fingerprint density at radius 1 is 1.21 bits per heavy atom. The predicted octanol–water partition coefficient (Wildman–Crippen LogP) is 1.07. The fraction of sp³-hybridized carbons (Fsp3) is 0.526. The number of hydrogen-bond acceptors (Lipinski definition) is 6. The lowest BCUT2D eigenvalue weighted by Gasteiger charge is -2.27. The second-order valence-corrected chi connectivity index (χ2v) is 7.05.